The lowest BCUT2D eigenvalue weighted by atomic mass is 9.63. The number of hydrogen-bond donors (Lipinski definition) is 0. The standard InChI is InChI=1S/C49H32NO2PS/c51-53(36-20-8-3-9-21-36)45-26-14-12-24-41(45)49(42-31-38-37-22-10-15-27-47(37)54-48(38)32-46(42)53)39-23-11-13-25-43(39)52-44-30-35(28-29-40(44)49)50(33-16-4-1-5-17-33)34-18-6-2-7-19-34/h1-32H. The molecule has 0 saturated carbocycles. The smallest absolute Gasteiger partial charge is 0.171 e. The van der Waals surface area contributed by atoms with Crippen molar-refractivity contribution in [3.05, 3.63) is 216 Å². The van der Waals surface area contributed by atoms with Crippen molar-refractivity contribution in [2.75, 3.05) is 4.90 Å². The van der Waals surface area contributed by atoms with Crippen LogP contribution in [0.2, 0.25) is 0 Å². The fraction of sp³-hybridized carbons (Fsp3) is 0.0204. The molecule has 0 amide bonds. The van der Waals surface area contributed by atoms with Crippen LogP contribution in [0, 0.1) is 0 Å². The monoisotopic (exact) mass is 729 g/mol. The molecular formula is C49H32NO2PS. The molecule has 1 aromatic heterocycles. The number of para-hydroxylation sites is 3. The first-order valence-electron chi connectivity index (χ1n) is 18.2. The molecule has 0 bridgehead atoms. The Kier molecular flexibility index (Phi) is 6.91. The van der Waals surface area contributed by atoms with Crippen molar-refractivity contribution in [2.24, 2.45) is 0 Å². The highest BCUT2D eigenvalue weighted by molar-refractivity contribution is 7.85. The molecule has 2 aliphatic rings. The number of anilines is 3. The Morgan fingerprint density at radius 2 is 1.06 bits per heavy atom. The first-order valence-corrected chi connectivity index (χ1v) is 20.7. The van der Waals surface area contributed by atoms with E-state index in [4.69, 9.17) is 4.74 Å². The number of hydrogen-bond acceptors (Lipinski definition) is 4. The summed E-state index contributed by atoms with van der Waals surface area (Å²) in [5, 5.41) is 4.97. The molecule has 0 N–H and O–H groups in total. The van der Waals surface area contributed by atoms with E-state index >= 15 is 4.57 Å². The quantitative estimate of drug-likeness (QED) is 0.169. The van der Waals surface area contributed by atoms with Crippen LogP contribution in [0.25, 0.3) is 20.2 Å². The zero-order chi connectivity index (χ0) is 35.9. The van der Waals surface area contributed by atoms with Gasteiger partial charge in [-0.2, -0.15) is 0 Å². The minimum Gasteiger partial charge on any atom is -0.457 e. The highest BCUT2D eigenvalue weighted by atomic mass is 32.1. The molecule has 54 heavy (non-hydrogen) atoms. The lowest BCUT2D eigenvalue weighted by Crippen LogP contribution is -2.47. The average Bonchev–Trinajstić information content (AvgIpc) is 3.61. The molecule has 0 radical (unpaired) electrons. The lowest BCUT2D eigenvalue weighted by molar-refractivity contribution is 0.435. The molecule has 11 rings (SSSR count). The summed E-state index contributed by atoms with van der Waals surface area (Å²) in [5.74, 6) is 1.57. The Balaban J connectivity index is 1.27. The Morgan fingerprint density at radius 3 is 1.81 bits per heavy atom. The molecule has 2 aliphatic heterocycles. The maximum atomic E-state index is 16.4. The van der Waals surface area contributed by atoms with E-state index in [0.717, 1.165) is 71.4 Å². The van der Waals surface area contributed by atoms with Crippen molar-refractivity contribution in [3.63, 3.8) is 0 Å². The zero-order valence-corrected chi connectivity index (χ0v) is 30.8. The molecule has 3 heterocycles. The highest BCUT2D eigenvalue weighted by Gasteiger charge is 2.55. The number of benzene rings is 8. The van der Waals surface area contributed by atoms with Gasteiger partial charge in [0.1, 0.15) is 11.5 Å². The van der Waals surface area contributed by atoms with Crippen molar-refractivity contribution in [1.82, 2.24) is 0 Å². The molecule has 2 atom stereocenters. The summed E-state index contributed by atoms with van der Waals surface area (Å²) in [7, 11) is -3.36. The van der Waals surface area contributed by atoms with Crippen LogP contribution in [0.5, 0.6) is 11.5 Å². The van der Waals surface area contributed by atoms with Gasteiger partial charge >= 0.3 is 0 Å². The van der Waals surface area contributed by atoms with Crippen molar-refractivity contribution in [1.29, 1.82) is 0 Å². The summed E-state index contributed by atoms with van der Waals surface area (Å²) in [4.78, 5) is 2.27. The van der Waals surface area contributed by atoms with Crippen molar-refractivity contribution in [2.45, 2.75) is 5.41 Å². The van der Waals surface area contributed by atoms with E-state index in [1.165, 1.54) is 15.5 Å². The summed E-state index contributed by atoms with van der Waals surface area (Å²) in [6, 6.07) is 67.7. The molecule has 0 aliphatic carbocycles. The van der Waals surface area contributed by atoms with E-state index < -0.39 is 12.6 Å². The molecule has 0 fully saturated rings. The normalized spacial score (nSPS) is 18.0. The van der Waals surface area contributed by atoms with Gasteiger partial charge in [0.2, 0.25) is 0 Å². The van der Waals surface area contributed by atoms with Gasteiger partial charge in [0.15, 0.2) is 7.14 Å². The van der Waals surface area contributed by atoms with Gasteiger partial charge in [-0.15, -0.1) is 11.3 Å². The maximum Gasteiger partial charge on any atom is 0.171 e. The van der Waals surface area contributed by atoms with Gasteiger partial charge in [0.25, 0.3) is 0 Å². The predicted octanol–water partition coefficient (Wildman–Crippen LogP) is 12.0. The van der Waals surface area contributed by atoms with E-state index in [9.17, 15) is 0 Å². The summed E-state index contributed by atoms with van der Waals surface area (Å²) in [5.41, 5.74) is 6.40. The summed E-state index contributed by atoms with van der Waals surface area (Å²) in [6.07, 6.45) is 0. The van der Waals surface area contributed by atoms with Gasteiger partial charge in [0, 0.05) is 70.3 Å². The Hall–Kier alpha value is -6.19. The second-order valence-corrected chi connectivity index (χ2v) is 17.7. The van der Waals surface area contributed by atoms with E-state index in [2.05, 4.69) is 144 Å². The fourth-order valence-electron chi connectivity index (χ4n) is 8.93. The van der Waals surface area contributed by atoms with Crippen LogP contribution < -0.4 is 25.6 Å². The SMILES string of the molecule is O=P1(c2ccccc2)c2ccccc2C2(c3ccccc3Oc3cc(N(c4ccccc4)c4ccccc4)ccc32)c2cc3c(cc21)sc1ccccc13. The van der Waals surface area contributed by atoms with E-state index in [0.29, 0.717) is 0 Å². The largest absolute Gasteiger partial charge is 0.457 e. The number of fused-ring (bicyclic) bond motifs is 11. The van der Waals surface area contributed by atoms with E-state index in [-0.39, 0.29) is 0 Å². The summed E-state index contributed by atoms with van der Waals surface area (Å²) >= 11 is 1.77. The number of ether oxygens (including phenoxy) is 1. The number of thiophene rings is 1. The minimum absolute atomic E-state index is 0.774. The Labute approximate surface area is 317 Å². The van der Waals surface area contributed by atoms with Crippen LogP contribution >= 0.6 is 18.5 Å². The van der Waals surface area contributed by atoms with Gasteiger partial charge < -0.3 is 14.2 Å². The van der Waals surface area contributed by atoms with Crippen molar-refractivity contribution < 1.29 is 9.30 Å². The summed E-state index contributed by atoms with van der Waals surface area (Å²) < 4.78 is 25.8. The van der Waals surface area contributed by atoms with Crippen molar-refractivity contribution in [3.8, 4) is 11.5 Å². The molecular weight excluding hydrogens is 698 g/mol. The first kappa shape index (κ1) is 31.3. The van der Waals surface area contributed by atoms with Gasteiger partial charge in [-0.25, -0.2) is 0 Å². The predicted molar refractivity (Wildman–Crippen MR) is 225 cm³/mol. The molecule has 3 nitrogen and oxygen atoms in total. The second kappa shape index (κ2) is 11.9. The van der Waals surface area contributed by atoms with Gasteiger partial charge in [-0.05, 0) is 65.7 Å². The average molecular weight is 730 g/mol. The third kappa shape index (κ3) is 4.33. The first-order chi connectivity index (χ1) is 26.7. The summed E-state index contributed by atoms with van der Waals surface area (Å²) in [6.45, 7) is 0. The van der Waals surface area contributed by atoms with Gasteiger partial charge in [-0.1, -0.05) is 133 Å². The van der Waals surface area contributed by atoms with Crippen LogP contribution in [-0.4, -0.2) is 0 Å². The van der Waals surface area contributed by atoms with Crippen LogP contribution in [-0.2, 0) is 9.98 Å². The molecule has 9 aromatic rings. The maximum absolute atomic E-state index is 16.4. The van der Waals surface area contributed by atoms with Gasteiger partial charge in [0.05, 0.1) is 5.41 Å². The van der Waals surface area contributed by atoms with E-state index in [1.54, 1.807) is 11.3 Å². The second-order valence-electron chi connectivity index (χ2n) is 14.0. The van der Waals surface area contributed by atoms with Crippen LogP contribution in [0.15, 0.2) is 194 Å². The van der Waals surface area contributed by atoms with Crippen molar-refractivity contribution >= 4 is 71.6 Å². The Bertz CT molecular complexity index is 2920. The molecule has 0 saturated heterocycles. The number of nitrogens with zero attached hydrogens (tertiary/aromatic N) is 1. The fourth-order valence-corrected chi connectivity index (χ4v) is 13.3. The third-order valence-corrected chi connectivity index (χ3v) is 15.4. The molecule has 256 valence electrons. The molecule has 2 unspecified atom stereocenters. The van der Waals surface area contributed by atoms with E-state index in [1.807, 2.05) is 54.6 Å². The molecule has 1 spiro atoms. The Morgan fingerprint density at radius 1 is 0.444 bits per heavy atom. The number of rotatable bonds is 4. The topological polar surface area (TPSA) is 29.5 Å². The lowest BCUT2D eigenvalue weighted by Gasteiger charge is -2.47. The molecule has 5 heteroatoms. The minimum atomic E-state index is -3.36. The van der Waals surface area contributed by atoms with Crippen LogP contribution in [0.4, 0.5) is 17.1 Å². The third-order valence-electron chi connectivity index (χ3n) is 11.2. The van der Waals surface area contributed by atoms with Gasteiger partial charge in [-0.3, -0.25) is 0 Å². The highest BCUT2D eigenvalue weighted by Crippen LogP contribution is 2.62. The zero-order valence-electron chi connectivity index (χ0n) is 29.1. The van der Waals surface area contributed by atoms with Crippen LogP contribution in [0.3, 0.4) is 0 Å². The molecule has 8 aromatic carbocycles. The van der Waals surface area contributed by atoms with Crippen LogP contribution in [0.1, 0.15) is 22.3 Å².